The Labute approximate surface area is 267 Å². The van der Waals surface area contributed by atoms with Crippen LogP contribution in [0.4, 0.5) is 18.9 Å². The number of unbranched alkanes of at least 4 members (excludes halogenated alkanes) is 1. The normalized spacial score (nSPS) is 17.3. The first-order valence-electron chi connectivity index (χ1n) is 15.9. The van der Waals surface area contributed by atoms with E-state index in [2.05, 4.69) is 15.2 Å². The summed E-state index contributed by atoms with van der Waals surface area (Å²) in [4.78, 5) is 35.6. The molecule has 2 amide bonds. The van der Waals surface area contributed by atoms with Crippen molar-refractivity contribution in [1.29, 1.82) is 0 Å². The van der Waals surface area contributed by atoms with Crippen LogP contribution in [0.15, 0.2) is 91.1 Å². The van der Waals surface area contributed by atoms with Crippen LogP contribution in [0.1, 0.15) is 66.6 Å². The van der Waals surface area contributed by atoms with Crippen LogP contribution >= 0.6 is 0 Å². The number of aromatic nitrogens is 1. The number of halogens is 3. The molecule has 3 aromatic carbocycles. The van der Waals surface area contributed by atoms with Crippen LogP contribution in [-0.4, -0.2) is 53.7 Å². The highest BCUT2D eigenvalue weighted by molar-refractivity contribution is 6.00. The second-order valence-corrected chi connectivity index (χ2v) is 11.9. The number of alkyl halides is 3. The standard InChI is InChI=1S/C37H37F3N4O2/c1-2-3-22-43(24-37(38,39)40)36(46)33-29-16-8-7-15-27(29)28-17-11-19-30(32(28)33)44-23-10-9-20-31(44)42-35(45)34-26(18-12-21-41-34)25-13-5-4-6-14-25/h4-8,11-19,21,31,33H,2-3,9-10,20,22-24H2,1H3,(H,42,45). The molecule has 2 aliphatic rings. The fourth-order valence-electron chi connectivity index (χ4n) is 6.79. The molecule has 1 aliphatic carbocycles. The number of nitrogens with zero attached hydrogens (tertiary/aromatic N) is 3. The summed E-state index contributed by atoms with van der Waals surface area (Å²) < 4.78 is 41.2. The fraction of sp³-hybridized carbons (Fsp3) is 0.324. The summed E-state index contributed by atoms with van der Waals surface area (Å²) in [6, 6.07) is 26.5. The maximum Gasteiger partial charge on any atom is 0.406 e. The molecule has 238 valence electrons. The molecule has 0 bridgehead atoms. The molecule has 6 rings (SSSR count). The van der Waals surface area contributed by atoms with Crippen LogP contribution in [0, 0.1) is 0 Å². The first kappa shape index (κ1) is 31.3. The number of amides is 2. The molecule has 1 aromatic heterocycles. The Balaban J connectivity index is 1.37. The maximum atomic E-state index is 14.2. The summed E-state index contributed by atoms with van der Waals surface area (Å²) in [5, 5.41) is 3.21. The van der Waals surface area contributed by atoms with E-state index < -0.39 is 30.7 Å². The minimum absolute atomic E-state index is 0.0290. The number of rotatable bonds is 9. The first-order chi connectivity index (χ1) is 22.3. The Kier molecular flexibility index (Phi) is 9.10. The minimum Gasteiger partial charge on any atom is -0.351 e. The number of nitrogens with one attached hydrogen (secondary N) is 1. The predicted molar refractivity (Wildman–Crippen MR) is 173 cm³/mol. The van der Waals surface area contributed by atoms with Gasteiger partial charge in [-0.15, -0.1) is 0 Å². The smallest absolute Gasteiger partial charge is 0.351 e. The number of benzene rings is 3. The molecule has 6 nitrogen and oxygen atoms in total. The average molecular weight is 627 g/mol. The molecular weight excluding hydrogens is 589 g/mol. The van der Waals surface area contributed by atoms with E-state index >= 15 is 0 Å². The van der Waals surface area contributed by atoms with Crippen molar-refractivity contribution in [2.24, 2.45) is 0 Å². The van der Waals surface area contributed by atoms with Crippen LogP contribution in [-0.2, 0) is 4.79 Å². The molecule has 2 unspecified atom stereocenters. The fourth-order valence-corrected chi connectivity index (χ4v) is 6.79. The van der Waals surface area contributed by atoms with Crippen molar-refractivity contribution in [2.75, 3.05) is 24.5 Å². The minimum atomic E-state index is -4.52. The van der Waals surface area contributed by atoms with Crippen molar-refractivity contribution in [2.45, 2.75) is 57.3 Å². The lowest BCUT2D eigenvalue weighted by Gasteiger charge is -2.39. The van der Waals surface area contributed by atoms with E-state index in [9.17, 15) is 22.8 Å². The van der Waals surface area contributed by atoms with Gasteiger partial charge in [-0.1, -0.05) is 86.1 Å². The monoisotopic (exact) mass is 626 g/mol. The summed E-state index contributed by atoms with van der Waals surface area (Å²) in [5.74, 6) is -1.75. The van der Waals surface area contributed by atoms with Crippen molar-refractivity contribution >= 4 is 17.5 Å². The lowest BCUT2D eigenvalue weighted by atomic mass is 9.92. The summed E-state index contributed by atoms with van der Waals surface area (Å²) in [7, 11) is 0. The topological polar surface area (TPSA) is 65.5 Å². The van der Waals surface area contributed by atoms with Gasteiger partial charge in [0.05, 0.1) is 5.92 Å². The lowest BCUT2D eigenvalue weighted by molar-refractivity contribution is -0.161. The molecular formula is C37H37F3N4O2. The van der Waals surface area contributed by atoms with Crippen molar-refractivity contribution in [1.82, 2.24) is 15.2 Å². The average Bonchev–Trinajstić information content (AvgIpc) is 3.41. The van der Waals surface area contributed by atoms with Crippen LogP contribution in [0.25, 0.3) is 22.3 Å². The van der Waals surface area contributed by atoms with Crippen LogP contribution < -0.4 is 10.2 Å². The third-order valence-electron chi connectivity index (χ3n) is 8.86. The van der Waals surface area contributed by atoms with E-state index in [1.54, 1.807) is 12.3 Å². The Hall–Kier alpha value is -4.66. The van der Waals surface area contributed by atoms with Crippen molar-refractivity contribution in [3.63, 3.8) is 0 Å². The molecule has 46 heavy (non-hydrogen) atoms. The van der Waals surface area contributed by atoms with Gasteiger partial charge in [-0.2, -0.15) is 13.2 Å². The van der Waals surface area contributed by atoms with Gasteiger partial charge < -0.3 is 15.1 Å². The molecule has 1 fully saturated rings. The number of fused-ring (bicyclic) bond motifs is 3. The summed E-state index contributed by atoms with van der Waals surface area (Å²) in [5.41, 5.74) is 5.76. The Morgan fingerprint density at radius 1 is 0.913 bits per heavy atom. The largest absolute Gasteiger partial charge is 0.406 e. The lowest BCUT2D eigenvalue weighted by Crippen LogP contribution is -2.51. The second kappa shape index (κ2) is 13.4. The van der Waals surface area contributed by atoms with E-state index in [0.717, 1.165) is 45.7 Å². The van der Waals surface area contributed by atoms with Crippen LogP contribution in [0.5, 0.6) is 0 Å². The molecule has 4 aromatic rings. The van der Waals surface area contributed by atoms with E-state index in [-0.39, 0.29) is 12.5 Å². The summed E-state index contributed by atoms with van der Waals surface area (Å²) >= 11 is 0. The first-order valence-corrected chi connectivity index (χ1v) is 15.9. The van der Waals surface area contributed by atoms with Gasteiger partial charge in [0.2, 0.25) is 5.91 Å². The van der Waals surface area contributed by atoms with Crippen molar-refractivity contribution in [3.8, 4) is 22.3 Å². The molecule has 2 atom stereocenters. The maximum absolute atomic E-state index is 14.2. The van der Waals surface area contributed by atoms with Crippen molar-refractivity contribution in [3.05, 3.63) is 108 Å². The number of anilines is 1. The third kappa shape index (κ3) is 6.36. The number of piperidine rings is 1. The molecule has 1 aliphatic heterocycles. The molecule has 0 radical (unpaired) electrons. The zero-order valence-corrected chi connectivity index (χ0v) is 25.8. The van der Waals surface area contributed by atoms with E-state index in [1.807, 2.05) is 85.8 Å². The Morgan fingerprint density at radius 2 is 1.65 bits per heavy atom. The molecule has 0 saturated carbocycles. The van der Waals surface area contributed by atoms with E-state index in [1.165, 1.54) is 0 Å². The van der Waals surface area contributed by atoms with Crippen LogP contribution in [0.2, 0.25) is 0 Å². The summed E-state index contributed by atoms with van der Waals surface area (Å²) in [6.07, 6.45) is 0.264. The number of carbonyl (C=O) groups excluding carboxylic acids is 2. The van der Waals surface area contributed by atoms with Gasteiger partial charge in [0.25, 0.3) is 5.91 Å². The molecule has 1 saturated heterocycles. The zero-order valence-electron chi connectivity index (χ0n) is 25.8. The highest BCUT2D eigenvalue weighted by Gasteiger charge is 2.42. The van der Waals surface area contributed by atoms with Crippen molar-refractivity contribution < 1.29 is 22.8 Å². The number of pyridine rings is 1. The van der Waals surface area contributed by atoms with Gasteiger partial charge in [0, 0.05) is 36.1 Å². The molecule has 9 heteroatoms. The number of carbonyl (C=O) groups is 2. The SMILES string of the molecule is CCCCN(CC(F)(F)F)C(=O)C1c2ccccc2-c2cccc(N3CCCCC3NC(=O)c3ncccc3-c3ccccc3)c21. The Morgan fingerprint density at radius 3 is 2.43 bits per heavy atom. The number of hydrogen-bond donors (Lipinski definition) is 1. The number of hydrogen-bond acceptors (Lipinski definition) is 4. The predicted octanol–water partition coefficient (Wildman–Crippen LogP) is 7.80. The summed E-state index contributed by atoms with van der Waals surface area (Å²) in [6.45, 7) is 1.25. The van der Waals surface area contributed by atoms with Gasteiger partial charge >= 0.3 is 6.18 Å². The second-order valence-electron chi connectivity index (χ2n) is 11.9. The van der Waals surface area contributed by atoms with Gasteiger partial charge in [0.15, 0.2) is 0 Å². The van der Waals surface area contributed by atoms with E-state index in [0.29, 0.717) is 42.6 Å². The van der Waals surface area contributed by atoms with Gasteiger partial charge in [-0.05, 0) is 60.1 Å². The zero-order chi connectivity index (χ0) is 32.3. The highest BCUT2D eigenvalue weighted by atomic mass is 19.4. The Bertz CT molecular complexity index is 1710. The third-order valence-corrected chi connectivity index (χ3v) is 8.86. The molecule has 2 heterocycles. The van der Waals surface area contributed by atoms with Gasteiger partial charge in [0.1, 0.15) is 18.4 Å². The molecule has 1 N–H and O–H groups in total. The van der Waals surface area contributed by atoms with Gasteiger partial charge in [-0.25, -0.2) is 0 Å². The van der Waals surface area contributed by atoms with Gasteiger partial charge in [-0.3, -0.25) is 14.6 Å². The molecule has 0 spiro atoms. The quantitative estimate of drug-likeness (QED) is 0.206. The highest BCUT2D eigenvalue weighted by Crippen LogP contribution is 2.50. The van der Waals surface area contributed by atoms with E-state index in [4.69, 9.17) is 0 Å². The van der Waals surface area contributed by atoms with Crippen LogP contribution in [0.3, 0.4) is 0 Å².